The molecule has 8 heteroatoms. The lowest BCUT2D eigenvalue weighted by Gasteiger charge is -2.24. The highest BCUT2D eigenvalue weighted by Gasteiger charge is 2.28. The topological polar surface area (TPSA) is 91.6 Å². The first kappa shape index (κ1) is 40.5. The van der Waals surface area contributed by atoms with Crippen LogP contribution in [0.4, 0.5) is 11.4 Å². The first-order chi connectivity index (χ1) is 23.9. The molecule has 0 amide bonds. The van der Waals surface area contributed by atoms with Gasteiger partial charge < -0.3 is 9.84 Å². The molecule has 1 N–H and O–H groups in total. The smallest absolute Gasteiger partial charge is 0.243 e. The standard InChI is InChI=1S/C41H63N3O4S/c1-4-6-8-10-12-14-16-18-20-24-32-44(33-25-21-19-17-15-13-11-9-7-5-2)49(46,47)40-34-39(41(45)38-27-23-22-26-37(38)40)43-42-35-28-30-36(48-3)31-29-35/h22-23,26-31,34,45H,4-21,24-25,32-33H2,1-3H3. The molecule has 0 saturated carbocycles. The number of nitrogens with zero attached hydrogens (tertiary/aromatic N) is 3. The molecular weight excluding hydrogens is 631 g/mol. The van der Waals surface area contributed by atoms with Gasteiger partial charge >= 0.3 is 0 Å². The van der Waals surface area contributed by atoms with Gasteiger partial charge in [-0.25, -0.2) is 8.42 Å². The van der Waals surface area contributed by atoms with Crippen LogP contribution in [0.2, 0.25) is 0 Å². The van der Waals surface area contributed by atoms with Gasteiger partial charge in [0.1, 0.15) is 11.4 Å². The molecule has 0 unspecified atom stereocenters. The summed E-state index contributed by atoms with van der Waals surface area (Å²) in [7, 11) is -2.28. The highest BCUT2D eigenvalue weighted by molar-refractivity contribution is 7.89. The second-order valence-electron chi connectivity index (χ2n) is 13.5. The van der Waals surface area contributed by atoms with Gasteiger partial charge in [0, 0.05) is 23.9 Å². The molecule has 7 nitrogen and oxygen atoms in total. The average molecular weight is 694 g/mol. The fraction of sp³-hybridized carbons (Fsp3) is 0.610. The van der Waals surface area contributed by atoms with E-state index in [0.29, 0.717) is 35.3 Å². The molecule has 3 aromatic carbocycles. The van der Waals surface area contributed by atoms with Crippen LogP contribution in [0.3, 0.4) is 0 Å². The minimum absolute atomic E-state index is 0.0808. The highest BCUT2D eigenvalue weighted by Crippen LogP contribution is 2.40. The van der Waals surface area contributed by atoms with E-state index < -0.39 is 10.0 Å². The van der Waals surface area contributed by atoms with Gasteiger partial charge in [-0.2, -0.15) is 9.42 Å². The SMILES string of the molecule is CCCCCCCCCCCCN(CCCCCCCCCCCC)S(=O)(=O)c1cc(N=Nc2ccc(OC)cc2)c(O)c2ccccc12. The normalized spacial score (nSPS) is 12.1. The Hall–Kier alpha value is -2.97. The highest BCUT2D eigenvalue weighted by atomic mass is 32.2. The number of ether oxygens (including phenoxy) is 1. The van der Waals surface area contributed by atoms with E-state index in [4.69, 9.17) is 4.74 Å². The van der Waals surface area contributed by atoms with Crippen molar-refractivity contribution in [3.8, 4) is 11.5 Å². The number of methoxy groups -OCH3 is 1. The van der Waals surface area contributed by atoms with Crippen molar-refractivity contribution in [2.24, 2.45) is 10.2 Å². The lowest BCUT2D eigenvalue weighted by molar-refractivity contribution is 0.383. The number of phenolic OH excluding ortho intramolecular Hbond substituents is 1. The second-order valence-corrected chi connectivity index (χ2v) is 15.4. The van der Waals surface area contributed by atoms with Gasteiger partial charge in [-0.15, -0.1) is 5.11 Å². The van der Waals surface area contributed by atoms with Crippen LogP contribution >= 0.6 is 0 Å². The van der Waals surface area contributed by atoms with Crippen molar-refractivity contribution < 1.29 is 18.3 Å². The van der Waals surface area contributed by atoms with Crippen molar-refractivity contribution in [1.82, 2.24) is 4.31 Å². The van der Waals surface area contributed by atoms with Gasteiger partial charge in [0.25, 0.3) is 0 Å². The number of sulfonamides is 1. The first-order valence-electron chi connectivity index (χ1n) is 19.2. The molecule has 0 aliphatic heterocycles. The maximum absolute atomic E-state index is 14.5. The van der Waals surface area contributed by atoms with Crippen molar-refractivity contribution >= 4 is 32.2 Å². The maximum atomic E-state index is 14.5. The van der Waals surface area contributed by atoms with E-state index in [1.54, 1.807) is 53.9 Å². The third-order valence-corrected chi connectivity index (χ3v) is 11.4. The zero-order valence-corrected chi connectivity index (χ0v) is 31.5. The van der Waals surface area contributed by atoms with E-state index in [0.717, 1.165) is 38.5 Å². The van der Waals surface area contributed by atoms with Crippen molar-refractivity contribution in [1.29, 1.82) is 0 Å². The van der Waals surface area contributed by atoms with Crippen LogP contribution in [0, 0.1) is 0 Å². The molecule has 0 bridgehead atoms. The Morgan fingerprint density at radius 1 is 0.612 bits per heavy atom. The Morgan fingerprint density at radius 2 is 1.06 bits per heavy atom. The summed E-state index contributed by atoms with van der Waals surface area (Å²) in [4.78, 5) is 0.170. The summed E-state index contributed by atoms with van der Waals surface area (Å²) >= 11 is 0. The van der Waals surface area contributed by atoms with Crippen LogP contribution in [0.1, 0.15) is 142 Å². The number of phenols is 1. The Bertz CT molecular complexity index is 1450. The van der Waals surface area contributed by atoms with Gasteiger partial charge in [-0.3, -0.25) is 0 Å². The fourth-order valence-corrected chi connectivity index (χ4v) is 8.14. The number of hydrogen-bond acceptors (Lipinski definition) is 6. The van der Waals surface area contributed by atoms with E-state index in [-0.39, 0.29) is 16.3 Å². The number of aromatic hydroxyl groups is 1. The van der Waals surface area contributed by atoms with Crippen molar-refractivity contribution in [2.45, 2.75) is 147 Å². The van der Waals surface area contributed by atoms with Crippen LogP contribution in [0.15, 0.2) is 69.7 Å². The van der Waals surface area contributed by atoms with Crippen LogP contribution in [-0.4, -0.2) is 38.0 Å². The Balaban J connectivity index is 1.73. The zero-order valence-electron chi connectivity index (χ0n) is 30.7. The predicted molar refractivity (Wildman–Crippen MR) is 205 cm³/mol. The number of fused-ring (bicyclic) bond motifs is 1. The molecule has 0 spiro atoms. The minimum Gasteiger partial charge on any atom is -0.505 e. The van der Waals surface area contributed by atoms with Gasteiger partial charge in [0.2, 0.25) is 10.0 Å². The van der Waals surface area contributed by atoms with Crippen LogP contribution < -0.4 is 4.74 Å². The van der Waals surface area contributed by atoms with Crippen molar-refractivity contribution in [3.63, 3.8) is 0 Å². The molecule has 0 atom stereocenters. The molecule has 0 aliphatic carbocycles. The number of hydrogen-bond donors (Lipinski definition) is 1. The van der Waals surface area contributed by atoms with Gasteiger partial charge in [0.05, 0.1) is 17.7 Å². The quantitative estimate of drug-likeness (QED) is 0.0635. The lowest BCUT2D eigenvalue weighted by atomic mass is 10.1. The summed E-state index contributed by atoms with van der Waals surface area (Å²) in [5, 5.41) is 20.7. The average Bonchev–Trinajstić information content (AvgIpc) is 3.12. The third-order valence-electron chi connectivity index (χ3n) is 9.44. The molecule has 0 radical (unpaired) electrons. The van der Waals surface area contributed by atoms with E-state index in [9.17, 15) is 13.5 Å². The minimum atomic E-state index is -3.88. The number of benzene rings is 3. The molecule has 3 aromatic rings. The van der Waals surface area contributed by atoms with E-state index in [2.05, 4.69) is 24.1 Å². The monoisotopic (exact) mass is 693 g/mol. The molecule has 49 heavy (non-hydrogen) atoms. The maximum Gasteiger partial charge on any atom is 0.243 e. The zero-order chi connectivity index (χ0) is 35.2. The predicted octanol–water partition coefficient (Wildman–Crippen LogP) is 12.8. The molecular formula is C41H63N3O4S. The molecule has 3 rings (SSSR count). The van der Waals surface area contributed by atoms with Crippen molar-refractivity contribution in [3.05, 3.63) is 54.6 Å². The molecule has 0 saturated heterocycles. The first-order valence-corrected chi connectivity index (χ1v) is 20.7. The largest absolute Gasteiger partial charge is 0.505 e. The number of unbranched alkanes of at least 4 members (excludes halogenated alkanes) is 18. The van der Waals surface area contributed by atoms with E-state index in [1.165, 1.54) is 96.0 Å². The summed E-state index contributed by atoms with van der Waals surface area (Å²) in [5.41, 5.74) is 0.701. The van der Waals surface area contributed by atoms with Gasteiger partial charge in [-0.05, 0) is 43.2 Å². The molecule has 0 aliphatic rings. The molecule has 272 valence electrons. The second kappa shape index (κ2) is 23.4. The van der Waals surface area contributed by atoms with Gasteiger partial charge in [-0.1, -0.05) is 154 Å². The van der Waals surface area contributed by atoms with Crippen molar-refractivity contribution in [2.75, 3.05) is 20.2 Å². The summed E-state index contributed by atoms with van der Waals surface area (Å²) < 4.78 is 35.9. The molecule has 0 fully saturated rings. The third kappa shape index (κ3) is 14.1. The summed E-state index contributed by atoms with van der Waals surface area (Å²) in [6.45, 7) is 5.48. The van der Waals surface area contributed by atoms with Crippen LogP contribution in [0.25, 0.3) is 10.8 Å². The molecule has 0 heterocycles. The van der Waals surface area contributed by atoms with Crippen LogP contribution in [-0.2, 0) is 10.0 Å². The lowest BCUT2D eigenvalue weighted by Crippen LogP contribution is -2.33. The summed E-state index contributed by atoms with van der Waals surface area (Å²) in [6, 6.07) is 15.7. The van der Waals surface area contributed by atoms with Gasteiger partial charge in [0.15, 0.2) is 5.75 Å². The summed E-state index contributed by atoms with van der Waals surface area (Å²) in [5.74, 6) is 0.619. The number of azo groups is 1. The molecule has 0 aromatic heterocycles. The Labute approximate surface area is 297 Å². The summed E-state index contributed by atoms with van der Waals surface area (Å²) in [6.07, 6.45) is 24.0. The number of rotatable bonds is 27. The van der Waals surface area contributed by atoms with E-state index >= 15 is 0 Å². The Morgan fingerprint density at radius 3 is 1.53 bits per heavy atom. The van der Waals surface area contributed by atoms with Crippen LogP contribution in [0.5, 0.6) is 11.5 Å². The fourth-order valence-electron chi connectivity index (χ4n) is 6.41. The van der Waals surface area contributed by atoms with E-state index in [1.807, 2.05) is 6.07 Å². The Kier molecular flexibility index (Phi) is 19.4.